The van der Waals surface area contributed by atoms with E-state index in [-0.39, 0.29) is 12.0 Å². The second kappa shape index (κ2) is 6.12. The zero-order chi connectivity index (χ0) is 12.1. The molecule has 1 heterocycles. The molecular weight excluding hydrogens is 212 g/mol. The van der Waals surface area contributed by atoms with Crippen LogP contribution in [-0.4, -0.2) is 22.7 Å². The smallest absolute Gasteiger partial charge is 0.0649 e. The van der Waals surface area contributed by atoms with Gasteiger partial charge in [0.05, 0.1) is 6.10 Å². The summed E-state index contributed by atoms with van der Waals surface area (Å²) >= 11 is 0. The quantitative estimate of drug-likeness (QED) is 0.838. The Bertz CT molecular complexity index is 322. The summed E-state index contributed by atoms with van der Waals surface area (Å²) in [6.07, 6.45) is 9.32. The van der Waals surface area contributed by atoms with Crippen molar-refractivity contribution in [2.24, 2.45) is 11.7 Å². The molecule has 1 aliphatic carbocycles. The minimum atomic E-state index is -0.303. The number of aliphatic hydroxyl groups is 1. The van der Waals surface area contributed by atoms with Gasteiger partial charge in [-0.05, 0) is 36.5 Å². The van der Waals surface area contributed by atoms with Gasteiger partial charge in [-0.25, -0.2) is 0 Å². The van der Waals surface area contributed by atoms with Gasteiger partial charge in [-0.15, -0.1) is 0 Å². The summed E-state index contributed by atoms with van der Waals surface area (Å²) < 4.78 is 0. The van der Waals surface area contributed by atoms with Gasteiger partial charge in [0, 0.05) is 24.9 Å². The van der Waals surface area contributed by atoms with Crippen LogP contribution in [0, 0.1) is 5.92 Å². The van der Waals surface area contributed by atoms with Crippen LogP contribution in [0.25, 0.3) is 0 Å². The Morgan fingerprint density at radius 1 is 1.24 bits per heavy atom. The molecule has 1 saturated carbocycles. The second-order valence-corrected chi connectivity index (χ2v) is 5.01. The van der Waals surface area contributed by atoms with Crippen LogP contribution in [0.4, 0.5) is 0 Å². The molecule has 0 aliphatic heterocycles. The first-order valence-corrected chi connectivity index (χ1v) is 6.61. The standard InChI is InChI=1S/C14H22N2O/c15-10-13(11-6-8-16-9-7-11)14(17)12-4-2-1-3-5-12/h6-9,12-14,17H,1-5,10,15H2. The molecule has 0 radical (unpaired) electrons. The van der Waals surface area contributed by atoms with Gasteiger partial charge >= 0.3 is 0 Å². The fourth-order valence-electron chi connectivity index (χ4n) is 2.89. The first-order valence-electron chi connectivity index (χ1n) is 6.61. The number of hydrogen-bond donors (Lipinski definition) is 2. The number of aliphatic hydroxyl groups excluding tert-OH is 1. The normalized spacial score (nSPS) is 21.1. The fraction of sp³-hybridized carbons (Fsp3) is 0.643. The predicted molar refractivity (Wildman–Crippen MR) is 68.6 cm³/mol. The average Bonchev–Trinajstić information content (AvgIpc) is 2.42. The van der Waals surface area contributed by atoms with E-state index in [2.05, 4.69) is 4.98 Å². The maximum absolute atomic E-state index is 10.5. The summed E-state index contributed by atoms with van der Waals surface area (Å²) in [5.74, 6) is 0.478. The highest BCUT2D eigenvalue weighted by Crippen LogP contribution is 2.32. The molecule has 17 heavy (non-hydrogen) atoms. The summed E-state index contributed by atoms with van der Waals surface area (Å²) in [6, 6.07) is 3.92. The third-order valence-electron chi connectivity index (χ3n) is 3.93. The maximum Gasteiger partial charge on any atom is 0.0649 e. The molecule has 94 valence electrons. The van der Waals surface area contributed by atoms with E-state index in [1.54, 1.807) is 12.4 Å². The van der Waals surface area contributed by atoms with Gasteiger partial charge in [-0.2, -0.15) is 0 Å². The van der Waals surface area contributed by atoms with Crippen molar-refractivity contribution in [2.75, 3.05) is 6.54 Å². The van der Waals surface area contributed by atoms with Gasteiger partial charge in [0.1, 0.15) is 0 Å². The van der Waals surface area contributed by atoms with E-state index in [1.807, 2.05) is 12.1 Å². The molecule has 2 unspecified atom stereocenters. The summed E-state index contributed by atoms with van der Waals surface area (Å²) in [7, 11) is 0. The minimum Gasteiger partial charge on any atom is -0.392 e. The Balaban J connectivity index is 2.07. The lowest BCUT2D eigenvalue weighted by atomic mass is 9.78. The van der Waals surface area contributed by atoms with E-state index in [4.69, 9.17) is 5.73 Å². The largest absolute Gasteiger partial charge is 0.392 e. The monoisotopic (exact) mass is 234 g/mol. The number of nitrogens with two attached hydrogens (primary N) is 1. The topological polar surface area (TPSA) is 59.1 Å². The van der Waals surface area contributed by atoms with Crippen LogP contribution in [0.1, 0.15) is 43.6 Å². The van der Waals surface area contributed by atoms with E-state index >= 15 is 0 Å². The molecule has 3 N–H and O–H groups in total. The molecule has 0 aromatic carbocycles. The molecule has 0 saturated heterocycles. The van der Waals surface area contributed by atoms with Crippen molar-refractivity contribution in [2.45, 2.75) is 44.1 Å². The highest BCUT2D eigenvalue weighted by molar-refractivity contribution is 5.18. The van der Waals surface area contributed by atoms with Gasteiger partial charge in [0.2, 0.25) is 0 Å². The Labute approximate surface area is 103 Å². The zero-order valence-electron chi connectivity index (χ0n) is 10.3. The third kappa shape index (κ3) is 3.05. The molecular formula is C14H22N2O. The van der Waals surface area contributed by atoms with Crippen molar-refractivity contribution >= 4 is 0 Å². The summed E-state index contributed by atoms with van der Waals surface area (Å²) in [5.41, 5.74) is 6.94. The first-order chi connectivity index (χ1) is 8.33. The van der Waals surface area contributed by atoms with E-state index in [0.717, 1.165) is 18.4 Å². The Hall–Kier alpha value is -0.930. The van der Waals surface area contributed by atoms with Crippen molar-refractivity contribution in [1.29, 1.82) is 0 Å². The lowest BCUT2D eigenvalue weighted by molar-refractivity contribution is 0.0624. The number of aromatic nitrogens is 1. The van der Waals surface area contributed by atoms with E-state index in [0.29, 0.717) is 12.5 Å². The molecule has 0 bridgehead atoms. The molecule has 2 rings (SSSR count). The van der Waals surface area contributed by atoms with Crippen LogP contribution in [0.3, 0.4) is 0 Å². The molecule has 1 aromatic heterocycles. The zero-order valence-corrected chi connectivity index (χ0v) is 10.3. The molecule has 3 nitrogen and oxygen atoms in total. The highest BCUT2D eigenvalue weighted by Gasteiger charge is 2.28. The lowest BCUT2D eigenvalue weighted by Gasteiger charge is -2.32. The van der Waals surface area contributed by atoms with E-state index < -0.39 is 0 Å². The van der Waals surface area contributed by atoms with Crippen LogP contribution in [0.15, 0.2) is 24.5 Å². The van der Waals surface area contributed by atoms with Gasteiger partial charge in [-0.3, -0.25) is 4.98 Å². The molecule has 1 fully saturated rings. The van der Waals surface area contributed by atoms with Crippen LogP contribution >= 0.6 is 0 Å². The molecule has 2 atom stereocenters. The summed E-state index contributed by atoms with van der Waals surface area (Å²) in [6.45, 7) is 0.502. The van der Waals surface area contributed by atoms with Crippen molar-refractivity contribution in [1.82, 2.24) is 4.98 Å². The van der Waals surface area contributed by atoms with Crippen LogP contribution < -0.4 is 5.73 Å². The van der Waals surface area contributed by atoms with Crippen molar-refractivity contribution in [3.05, 3.63) is 30.1 Å². The Morgan fingerprint density at radius 3 is 2.47 bits per heavy atom. The minimum absolute atomic E-state index is 0.0566. The van der Waals surface area contributed by atoms with Crippen molar-refractivity contribution in [3.63, 3.8) is 0 Å². The SMILES string of the molecule is NCC(c1ccncc1)C(O)C1CCCCC1. The summed E-state index contributed by atoms with van der Waals surface area (Å²) in [5, 5.41) is 10.5. The second-order valence-electron chi connectivity index (χ2n) is 5.01. The van der Waals surface area contributed by atoms with Crippen molar-refractivity contribution in [3.8, 4) is 0 Å². The Morgan fingerprint density at radius 2 is 1.88 bits per heavy atom. The van der Waals surface area contributed by atoms with Crippen LogP contribution in [0.5, 0.6) is 0 Å². The number of nitrogens with zero attached hydrogens (tertiary/aromatic N) is 1. The average molecular weight is 234 g/mol. The molecule has 0 amide bonds. The van der Waals surface area contributed by atoms with Gasteiger partial charge in [-0.1, -0.05) is 19.3 Å². The van der Waals surface area contributed by atoms with Gasteiger partial charge in [0.25, 0.3) is 0 Å². The van der Waals surface area contributed by atoms with E-state index in [9.17, 15) is 5.11 Å². The molecule has 0 spiro atoms. The molecule has 1 aliphatic rings. The number of pyridine rings is 1. The highest BCUT2D eigenvalue weighted by atomic mass is 16.3. The summed E-state index contributed by atoms with van der Waals surface area (Å²) in [4.78, 5) is 4.01. The van der Waals surface area contributed by atoms with Gasteiger partial charge < -0.3 is 10.8 Å². The number of rotatable bonds is 4. The lowest BCUT2D eigenvalue weighted by Crippen LogP contribution is -2.33. The predicted octanol–water partition coefficient (Wildman–Crippen LogP) is 2.07. The number of hydrogen-bond acceptors (Lipinski definition) is 3. The van der Waals surface area contributed by atoms with E-state index in [1.165, 1.54) is 19.3 Å². The molecule has 1 aromatic rings. The molecule has 3 heteroatoms. The van der Waals surface area contributed by atoms with Gasteiger partial charge in [0.15, 0.2) is 0 Å². The van der Waals surface area contributed by atoms with Crippen LogP contribution in [-0.2, 0) is 0 Å². The van der Waals surface area contributed by atoms with Crippen LogP contribution in [0.2, 0.25) is 0 Å². The Kier molecular flexibility index (Phi) is 4.51. The van der Waals surface area contributed by atoms with Crippen molar-refractivity contribution < 1.29 is 5.11 Å². The fourth-order valence-corrected chi connectivity index (χ4v) is 2.89. The first kappa shape index (κ1) is 12.5. The maximum atomic E-state index is 10.5. The third-order valence-corrected chi connectivity index (χ3v) is 3.93.